The highest BCUT2D eigenvalue weighted by Gasteiger charge is 2.13. The van der Waals surface area contributed by atoms with Crippen LogP contribution in [0, 0.1) is 12.8 Å². The van der Waals surface area contributed by atoms with Crippen molar-refractivity contribution in [2.75, 3.05) is 18.4 Å². The summed E-state index contributed by atoms with van der Waals surface area (Å²) in [4.78, 5) is 12.2. The van der Waals surface area contributed by atoms with E-state index in [2.05, 4.69) is 31.4 Å². The SMILES string of the molecule is Cc1c(NC(C)C(C)C)cccc1C(=O)NCCCCN.Cl.Cl. The number of hydrogen-bond donors (Lipinski definition) is 3. The first kappa shape index (κ1) is 24.3. The van der Waals surface area contributed by atoms with Gasteiger partial charge >= 0.3 is 0 Å². The van der Waals surface area contributed by atoms with Crippen LogP contribution in [0.2, 0.25) is 0 Å². The van der Waals surface area contributed by atoms with E-state index < -0.39 is 0 Å². The third-order valence-electron chi connectivity index (χ3n) is 3.88. The summed E-state index contributed by atoms with van der Waals surface area (Å²) in [5, 5.41) is 6.44. The number of unbranched alkanes of at least 4 members (excludes halogenated alkanes) is 1. The van der Waals surface area contributed by atoms with Crippen LogP contribution >= 0.6 is 24.8 Å². The number of carbonyl (C=O) groups is 1. The molecule has 0 aromatic heterocycles. The van der Waals surface area contributed by atoms with E-state index in [0.717, 1.165) is 29.7 Å². The van der Waals surface area contributed by atoms with Crippen LogP contribution in [0.1, 0.15) is 49.5 Å². The minimum Gasteiger partial charge on any atom is -0.382 e. The third-order valence-corrected chi connectivity index (χ3v) is 3.88. The number of rotatable bonds is 8. The summed E-state index contributed by atoms with van der Waals surface area (Å²) < 4.78 is 0. The average molecular weight is 364 g/mol. The molecule has 134 valence electrons. The second kappa shape index (κ2) is 12.5. The molecule has 1 unspecified atom stereocenters. The number of carbonyl (C=O) groups excluding carboxylic acids is 1. The van der Waals surface area contributed by atoms with Crippen LogP contribution in [0.3, 0.4) is 0 Å². The Morgan fingerprint density at radius 1 is 1.17 bits per heavy atom. The number of benzene rings is 1. The molecule has 1 aromatic carbocycles. The number of nitrogens with one attached hydrogen (secondary N) is 2. The largest absolute Gasteiger partial charge is 0.382 e. The van der Waals surface area contributed by atoms with Crippen molar-refractivity contribution in [2.45, 2.75) is 46.6 Å². The van der Waals surface area contributed by atoms with E-state index in [1.807, 2.05) is 25.1 Å². The maximum atomic E-state index is 12.2. The van der Waals surface area contributed by atoms with E-state index in [1.54, 1.807) is 0 Å². The van der Waals surface area contributed by atoms with Crippen LogP contribution in [0.4, 0.5) is 5.69 Å². The Bertz CT molecular complexity index is 467. The molecule has 1 rings (SSSR count). The molecular formula is C17H31Cl2N3O. The highest BCUT2D eigenvalue weighted by atomic mass is 35.5. The van der Waals surface area contributed by atoms with Gasteiger partial charge < -0.3 is 16.4 Å². The minimum absolute atomic E-state index is 0. The third kappa shape index (κ3) is 7.91. The summed E-state index contributed by atoms with van der Waals surface area (Å²) in [6.45, 7) is 9.85. The summed E-state index contributed by atoms with van der Waals surface area (Å²) in [7, 11) is 0. The molecule has 1 amide bonds. The lowest BCUT2D eigenvalue weighted by atomic mass is 10.0. The summed E-state index contributed by atoms with van der Waals surface area (Å²) >= 11 is 0. The summed E-state index contributed by atoms with van der Waals surface area (Å²) in [5.74, 6) is 0.531. The summed E-state index contributed by atoms with van der Waals surface area (Å²) in [5.41, 5.74) is 8.22. The van der Waals surface area contributed by atoms with Crippen molar-refractivity contribution in [1.29, 1.82) is 0 Å². The molecule has 0 aliphatic rings. The molecule has 6 heteroatoms. The minimum atomic E-state index is -0.00892. The smallest absolute Gasteiger partial charge is 0.251 e. The van der Waals surface area contributed by atoms with Crippen molar-refractivity contribution in [3.8, 4) is 0 Å². The van der Waals surface area contributed by atoms with Crippen molar-refractivity contribution in [1.82, 2.24) is 5.32 Å². The molecule has 0 saturated carbocycles. The highest BCUT2D eigenvalue weighted by Crippen LogP contribution is 2.21. The van der Waals surface area contributed by atoms with Crippen LogP contribution in [0.25, 0.3) is 0 Å². The van der Waals surface area contributed by atoms with Gasteiger partial charge in [0.2, 0.25) is 0 Å². The van der Waals surface area contributed by atoms with Crippen LogP contribution in [0.5, 0.6) is 0 Å². The van der Waals surface area contributed by atoms with E-state index in [1.165, 1.54) is 0 Å². The molecule has 0 bridgehead atoms. The van der Waals surface area contributed by atoms with E-state index in [9.17, 15) is 4.79 Å². The van der Waals surface area contributed by atoms with Crippen molar-refractivity contribution in [3.63, 3.8) is 0 Å². The van der Waals surface area contributed by atoms with Crippen LogP contribution in [-0.4, -0.2) is 25.0 Å². The molecule has 1 atom stereocenters. The predicted octanol–water partition coefficient (Wildman–Crippen LogP) is 3.76. The van der Waals surface area contributed by atoms with Crippen LogP contribution in [-0.2, 0) is 0 Å². The molecule has 4 N–H and O–H groups in total. The van der Waals surface area contributed by atoms with Gasteiger partial charge in [-0.1, -0.05) is 19.9 Å². The van der Waals surface area contributed by atoms with E-state index >= 15 is 0 Å². The molecule has 0 radical (unpaired) electrons. The average Bonchev–Trinajstić information content (AvgIpc) is 2.45. The lowest BCUT2D eigenvalue weighted by Crippen LogP contribution is -2.26. The molecule has 23 heavy (non-hydrogen) atoms. The number of halogens is 2. The molecule has 1 aromatic rings. The van der Waals surface area contributed by atoms with Crippen LogP contribution < -0.4 is 16.4 Å². The lowest BCUT2D eigenvalue weighted by Gasteiger charge is -2.21. The van der Waals surface area contributed by atoms with Gasteiger partial charge in [0, 0.05) is 23.8 Å². The zero-order valence-electron chi connectivity index (χ0n) is 14.5. The lowest BCUT2D eigenvalue weighted by molar-refractivity contribution is 0.0952. The Hall–Kier alpha value is -0.970. The van der Waals surface area contributed by atoms with Crippen molar-refractivity contribution in [2.24, 2.45) is 11.7 Å². The van der Waals surface area contributed by atoms with Gasteiger partial charge in [-0.05, 0) is 56.8 Å². The number of amides is 1. The maximum absolute atomic E-state index is 12.2. The first-order valence-corrected chi connectivity index (χ1v) is 7.81. The van der Waals surface area contributed by atoms with Gasteiger partial charge in [-0.3, -0.25) is 4.79 Å². The Kier molecular flexibility index (Phi) is 13.1. The topological polar surface area (TPSA) is 67.2 Å². The first-order chi connectivity index (χ1) is 9.97. The van der Waals surface area contributed by atoms with Gasteiger partial charge in [-0.15, -0.1) is 24.8 Å². The second-order valence-electron chi connectivity index (χ2n) is 5.91. The van der Waals surface area contributed by atoms with Crippen molar-refractivity contribution < 1.29 is 4.79 Å². The molecule has 0 heterocycles. The van der Waals surface area contributed by atoms with Gasteiger partial charge in [-0.25, -0.2) is 0 Å². The van der Waals surface area contributed by atoms with Crippen molar-refractivity contribution in [3.05, 3.63) is 29.3 Å². The van der Waals surface area contributed by atoms with Gasteiger partial charge in [0.25, 0.3) is 5.91 Å². The maximum Gasteiger partial charge on any atom is 0.251 e. The van der Waals surface area contributed by atoms with Gasteiger partial charge in [0.15, 0.2) is 0 Å². The Morgan fingerprint density at radius 2 is 1.83 bits per heavy atom. The standard InChI is InChI=1S/C17H29N3O.2ClH/c1-12(2)14(4)20-16-9-7-8-15(13(16)3)17(21)19-11-6-5-10-18;;/h7-9,12,14,20H,5-6,10-11,18H2,1-4H3,(H,19,21);2*1H. The molecule has 0 spiro atoms. The fourth-order valence-electron chi connectivity index (χ4n) is 2.02. The predicted molar refractivity (Wildman–Crippen MR) is 104 cm³/mol. The molecular weight excluding hydrogens is 333 g/mol. The monoisotopic (exact) mass is 363 g/mol. The van der Waals surface area contributed by atoms with Gasteiger partial charge in [-0.2, -0.15) is 0 Å². The Balaban J connectivity index is 0. The second-order valence-corrected chi connectivity index (χ2v) is 5.91. The molecule has 4 nitrogen and oxygen atoms in total. The Labute approximate surface area is 152 Å². The fraction of sp³-hybridized carbons (Fsp3) is 0.588. The number of nitrogens with two attached hydrogens (primary N) is 1. The molecule has 0 aliphatic heterocycles. The van der Waals surface area contributed by atoms with Crippen LogP contribution in [0.15, 0.2) is 18.2 Å². The van der Waals surface area contributed by atoms with Crippen molar-refractivity contribution >= 4 is 36.4 Å². The first-order valence-electron chi connectivity index (χ1n) is 7.81. The number of hydrogen-bond acceptors (Lipinski definition) is 3. The molecule has 0 aliphatic carbocycles. The van der Waals surface area contributed by atoms with Gasteiger partial charge in [0.1, 0.15) is 0 Å². The summed E-state index contributed by atoms with van der Waals surface area (Å²) in [6.07, 6.45) is 1.86. The number of anilines is 1. The highest BCUT2D eigenvalue weighted by molar-refractivity contribution is 5.97. The zero-order chi connectivity index (χ0) is 15.8. The van der Waals surface area contributed by atoms with E-state index in [-0.39, 0.29) is 30.7 Å². The fourth-order valence-corrected chi connectivity index (χ4v) is 2.02. The molecule has 0 saturated heterocycles. The summed E-state index contributed by atoms with van der Waals surface area (Å²) in [6, 6.07) is 6.20. The normalized spacial score (nSPS) is 11.2. The Morgan fingerprint density at radius 3 is 2.39 bits per heavy atom. The quantitative estimate of drug-likeness (QED) is 0.615. The molecule has 0 fully saturated rings. The zero-order valence-corrected chi connectivity index (χ0v) is 16.2. The van der Waals surface area contributed by atoms with E-state index in [4.69, 9.17) is 5.73 Å². The van der Waals surface area contributed by atoms with E-state index in [0.29, 0.717) is 25.0 Å². The van der Waals surface area contributed by atoms with Gasteiger partial charge in [0.05, 0.1) is 0 Å².